The minimum Gasteiger partial charge on any atom is -0.493 e. The summed E-state index contributed by atoms with van der Waals surface area (Å²) in [5, 5.41) is 6.73. The van der Waals surface area contributed by atoms with E-state index in [0.29, 0.717) is 32.9 Å². The highest BCUT2D eigenvalue weighted by atomic mass is 32.1. The quantitative estimate of drug-likeness (QED) is 0.510. The van der Waals surface area contributed by atoms with E-state index in [1.807, 2.05) is 12.1 Å². The largest absolute Gasteiger partial charge is 0.493 e. The molecule has 1 aliphatic heterocycles. The van der Waals surface area contributed by atoms with Gasteiger partial charge in [-0.3, -0.25) is 4.79 Å². The van der Waals surface area contributed by atoms with Gasteiger partial charge in [-0.05, 0) is 24.3 Å². The summed E-state index contributed by atoms with van der Waals surface area (Å²) >= 11 is 1.27. The van der Waals surface area contributed by atoms with Crippen LogP contribution in [0.15, 0.2) is 42.6 Å². The summed E-state index contributed by atoms with van der Waals surface area (Å²) in [4.78, 5) is 19.9. The molecule has 0 bridgehead atoms. The Morgan fingerprint density at radius 2 is 1.67 bits per heavy atom. The molecular formula is C23H26N4O5S. The summed E-state index contributed by atoms with van der Waals surface area (Å²) in [6.45, 7) is 3.29. The van der Waals surface area contributed by atoms with Gasteiger partial charge in [-0.2, -0.15) is 0 Å². The zero-order chi connectivity index (χ0) is 23.2. The first-order valence-electron chi connectivity index (χ1n) is 10.4. The van der Waals surface area contributed by atoms with Crippen LogP contribution in [0.25, 0.3) is 0 Å². The molecular weight excluding hydrogens is 444 g/mol. The van der Waals surface area contributed by atoms with Crippen molar-refractivity contribution in [2.75, 3.05) is 63.2 Å². The van der Waals surface area contributed by atoms with Crippen LogP contribution >= 0.6 is 11.3 Å². The maximum absolute atomic E-state index is 12.8. The molecule has 1 aromatic heterocycles. The zero-order valence-corrected chi connectivity index (χ0v) is 19.5. The Morgan fingerprint density at radius 1 is 1.00 bits per heavy atom. The molecule has 1 amide bonds. The zero-order valence-electron chi connectivity index (χ0n) is 18.7. The molecule has 1 saturated heterocycles. The lowest BCUT2D eigenvalue weighted by Crippen LogP contribution is -2.36. The summed E-state index contributed by atoms with van der Waals surface area (Å²) in [5.41, 5.74) is 2.59. The number of amides is 1. The van der Waals surface area contributed by atoms with Gasteiger partial charge in [0.05, 0.1) is 40.7 Å². The third-order valence-corrected chi connectivity index (χ3v) is 6.06. The topological polar surface area (TPSA) is 94.2 Å². The van der Waals surface area contributed by atoms with Gasteiger partial charge in [0.15, 0.2) is 16.6 Å². The smallest absolute Gasteiger partial charge is 0.267 e. The van der Waals surface area contributed by atoms with E-state index >= 15 is 0 Å². The highest BCUT2D eigenvalue weighted by molar-refractivity contribution is 7.17. The van der Waals surface area contributed by atoms with E-state index in [1.54, 1.807) is 18.3 Å². The molecule has 3 aromatic rings. The predicted molar refractivity (Wildman–Crippen MR) is 129 cm³/mol. The standard InChI is InChI=1S/C23H26N4O5S/c1-29-18-12-16(13-19(30-2)21(18)31-3)25-22(28)20-14-24-23(33-20)26-15-4-6-17(7-5-15)27-8-10-32-11-9-27/h4-7,12-14H,8-11H2,1-3H3,(H,24,26)(H,25,28). The van der Waals surface area contributed by atoms with Gasteiger partial charge in [0, 0.05) is 42.3 Å². The molecule has 4 rings (SSSR count). The average Bonchev–Trinajstić information content (AvgIpc) is 3.33. The van der Waals surface area contributed by atoms with Gasteiger partial charge in [-0.15, -0.1) is 0 Å². The Bertz CT molecular complexity index is 1070. The second-order valence-corrected chi connectivity index (χ2v) is 8.20. The van der Waals surface area contributed by atoms with Crippen LogP contribution in [-0.2, 0) is 4.74 Å². The summed E-state index contributed by atoms with van der Waals surface area (Å²) in [6.07, 6.45) is 1.54. The van der Waals surface area contributed by atoms with E-state index < -0.39 is 0 Å². The number of carbonyl (C=O) groups is 1. The number of nitrogens with zero attached hydrogens (tertiary/aromatic N) is 2. The minimum atomic E-state index is -0.280. The number of methoxy groups -OCH3 is 3. The molecule has 0 saturated carbocycles. The van der Waals surface area contributed by atoms with Crippen LogP contribution in [0.5, 0.6) is 17.2 Å². The molecule has 33 heavy (non-hydrogen) atoms. The average molecular weight is 471 g/mol. The summed E-state index contributed by atoms with van der Waals surface area (Å²) in [6, 6.07) is 11.5. The molecule has 0 aliphatic carbocycles. The van der Waals surface area contributed by atoms with Crippen molar-refractivity contribution in [1.82, 2.24) is 4.98 Å². The number of rotatable bonds is 8. The van der Waals surface area contributed by atoms with Gasteiger partial charge in [-0.25, -0.2) is 4.98 Å². The van der Waals surface area contributed by atoms with Crippen molar-refractivity contribution in [2.45, 2.75) is 0 Å². The molecule has 2 aromatic carbocycles. The first-order valence-corrected chi connectivity index (χ1v) is 11.2. The molecule has 174 valence electrons. The normalized spacial score (nSPS) is 13.4. The molecule has 0 radical (unpaired) electrons. The van der Waals surface area contributed by atoms with Crippen LogP contribution in [0.3, 0.4) is 0 Å². The Kier molecular flexibility index (Phi) is 7.16. The molecule has 1 aliphatic rings. The van der Waals surface area contributed by atoms with Crippen molar-refractivity contribution in [3.8, 4) is 17.2 Å². The molecule has 0 spiro atoms. The highest BCUT2D eigenvalue weighted by Gasteiger charge is 2.17. The number of ether oxygens (including phenoxy) is 4. The van der Waals surface area contributed by atoms with Gasteiger partial charge >= 0.3 is 0 Å². The van der Waals surface area contributed by atoms with Gasteiger partial charge in [-0.1, -0.05) is 11.3 Å². The monoisotopic (exact) mass is 470 g/mol. The first kappa shape index (κ1) is 22.7. The van der Waals surface area contributed by atoms with E-state index in [0.717, 1.165) is 37.7 Å². The third-order valence-electron chi connectivity index (χ3n) is 5.15. The number of hydrogen-bond donors (Lipinski definition) is 2. The van der Waals surface area contributed by atoms with Gasteiger partial charge in [0.1, 0.15) is 4.88 Å². The molecule has 2 heterocycles. The molecule has 10 heteroatoms. The van der Waals surface area contributed by atoms with Crippen LogP contribution in [0.4, 0.5) is 22.2 Å². The lowest BCUT2D eigenvalue weighted by molar-refractivity contribution is 0.103. The first-order chi connectivity index (χ1) is 16.1. The van der Waals surface area contributed by atoms with Crippen LogP contribution < -0.4 is 29.7 Å². The summed E-state index contributed by atoms with van der Waals surface area (Å²) in [5.74, 6) is 1.10. The highest BCUT2D eigenvalue weighted by Crippen LogP contribution is 2.40. The third kappa shape index (κ3) is 5.29. The van der Waals surface area contributed by atoms with E-state index in [2.05, 4.69) is 32.7 Å². The number of anilines is 4. The number of aromatic nitrogens is 1. The van der Waals surface area contributed by atoms with Crippen molar-refractivity contribution in [3.05, 3.63) is 47.5 Å². The number of thiazole rings is 1. The fourth-order valence-electron chi connectivity index (χ4n) is 3.48. The molecule has 0 unspecified atom stereocenters. The number of benzene rings is 2. The van der Waals surface area contributed by atoms with Gasteiger partial charge < -0.3 is 34.5 Å². The predicted octanol–water partition coefficient (Wildman–Crippen LogP) is 4.00. The number of nitrogens with one attached hydrogen (secondary N) is 2. The Balaban J connectivity index is 1.41. The van der Waals surface area contributed by atoms with Crippen molar-refractivity contribution in [1.29, 1.82) is 0 Å². The molecule has 9 nitrogen and oxygen atoms in total. The Morgan fingerprint density at radius 3 is 2.27 bits per heavy atom. The fourth-order valence-corrected chi connectivity index (χ4v) is 4.22. The number of hydrogen-bond acceptors (Lipinski definition) is 9. The maximum Gasteiger partial charge on any atom is 0.267 e. The second kappa shape index (κ2) is 10.4. The Hall–Kier alpha value is -3.50. The van der Waals surface area contributed by atoms with Crippen molar-refractivity contribution in [3.63, 3.8) is 0 Å². The van der Waals surface area contributed by atoms with E-state index in [4.69, 9.17) is 18.9 Å². The molecule has 1 fully saturated rings. The molecule has 2 N–H and O–H groups in total. The van der Waals surface area contributed by atoms with Crippen molar-refractivity contribution < 1.29 is 23.7 Å². The SMILES string of the molecule is COc1cc(NC(=O)c2cnc(Nc3ccc(N4CCOCC4)cc3)s2)cc(OC)c1OC. The Labute approximate surface area is 196 Å². The lowest BCUT2D eigenvalue weighted by Gasteiger charge is -2.28. The van der Waals surface area contributed by atoms with Gasteiger partial charge in [0.2, 0.25) is 5.75 Å². The van der Waals surface area contributed by atoms with Crippen LogP contribution in [0.2, 0.25) is 0 Å². The van der Waals surface area contributed by atoms with Crippen molar-refractivity contribution >= 4 is 39.4 Å². The summed E-state index contributed by atoms with van der Waals surface area (Å²) in [7, 11) is 4.58. The number of morpholine rings is 1. The second-order valence-electron chi connectivity index (χ2n) is 7.17. The minimum absolute atomic E-state index is 0.280. The van der Waals surface area contributed by atoms with Crippen LogP contribution in [-0.4, -0.2) is 58.5 Å². The van der Waals surface area contributed by atoms with Crippen molar-refractivity contribution in [2.24, 2.45) is 0 Å². The van der Waals surface area contributed by atoms with Crippen LogP contribution in [0, 0.1) is 0 Å². The lowest BCUT2D eigenvalue weighted by atomic mass is 10.2. The fraction of sp³-hybridized carbons (Fsp3) is 0.304. The molecule has 0 atom stereocenters. The van der Waals surface area contributed by atoms with E-state index in [1.165, 1.54) is 32.7 Å². The van der Waals surface area contributed by atoms with E-state index in [9.17, 15) is 4.79 Å². The van der Waals surface area contributed by atoms with E-state index in [-0.39, 0.29) is 5.91 Å². The summed E-state index contributed by atoms with van der Waals surface area (Å²) < 4.78 is 21.4. The van der Waals surface area contributed by atoms with Gasteiger partial charge in [0.25, 0.3) is 5.91 Å². The van der Waals surface area contributed by atoms with Crippen LogP contribution in [0.1, 0.15) is 9.67 Å². The maximum atomic E-state index is 12.8. The number of carbonyl (C=O) groups excluding carboxylic acids is 1.